The molecular formula is C26H45BN2O6. The van der Waals surface area contributed by atoms with Crippen LogP contribution in [0.5, 0.6) is 0 Å². The summed E-state index contributed by atoms with van der Waals surface area (Å²) < 4.78 is 18.5. The minimum absolute atomic E-state index is 0.0211. The number of amides is 2. The molecule has 0 aromatic heterocycles. The maximum Gasteiger partial charge on any atom is 0.481 e. The van der Waals surface area contributed by atoms with Gasteiger partial charge in [0, 0.05) is 13.5 Å². The fourth-order valence-corrected chi connectivity index (χ4v) is 6.23. The molecule has 4 rings (SSSR count). The van der Waals surface area contributed by atoms with Crippen molar-refractivity contribution in [3.63, 3.8) is 0 Å². The molecule has 1 heterocycles. The summed E-state index contributed by atoms with van der Waals surface area (Å²) >= 11 is 0. The Morgan fingerprint density at radius 3 is 2.34 bits per heavy atom. The van der Waals surface area contributed by atoms with Gasteiger partial charge in [-0.05, 0) is 70.1 Å². The van der Waals surface area contributed by atoms with Crippen molar-refractivity contribution in [2.45, 2.75) is 111 Å². The van der Waals surface area contributed by atoms with Gasteiger partial charge in [-0.15, -0.1) is 0 Å². The standard InChI is InChI=1S/C26H45BN2O6/c1-15(2)10-21(27-34-20-13-18-12-19(25(18,7)8)26(20,9)35-27)29-23(32)17(14-28-16(3)30)11-22(31)33-24(4,5)6/h15,17-21H,10-14H2,1-9H3,(H,28,30)(H,29,32)/t17-,18-,19-,20+,21-,26-/m0/s1. The van der Waals surface area contributed by atoms with Gasteiger partial charge in [-0.1, -0.05) is 27.7 Å². The Morgan fingerprint density at radius 1 is 1.14 bits per heavy atom. The van der Waals surface area contributed by atoms with Gasteiger partial charge in [0.1, 0.15) is 5.60 Å². The van der Waals surface area contributed by atoms with E-state index in [1.807, 2.05) is 0 Å². The fraction of sp³-hybridized carbons (Fsp3) is 0.885. The van der Waals surface area contributed by atoms with Gasteiger partial charge in [0.25, 0.3) is 0 Å². The average Bonchev–Trinajstić information content (AvgIpc) is 3.05. The van der Waals surface area contributed by atoms with Gasteiger partial charge >= 0.3 is 13.1 Å². The molecular weight excluding hydrogens is 447 g/mol. The molecule has 0 unspecified atom stereocenters. The van der Waals surface area contributed by atoms with Crippen molar-refractivity contribution in [2.75, 3.05) is 6.54 Å². The molecule has 2 N–H and O–H groups in total. The van der Waals surface area contributed by atoms with Crippen LogP contribution in [0.25, 0.3) is 0 Å². The van der Waals surface area contributed by atoms with Crippen molar-refractivity contribution in [2.24, 2.45) is 29.1 Å². The van der Waals surface area contributed by atoms with E-state index in [0.717, 1.165) is 12.8 Å². The summed E-state index contributed by atoms with van der Waals surface area (Å²) in [4.78, 5) is 37.4. The molecule has 3 aliphatic carbocycles. The highest BCUT2D eigenvalue weighted by molar-refractivity contribution is 6.47. The highest BCUT2D eigenvalue weighted by Gasteiger charge is 2.68. The minimum Gasteiger partial charge on any atom is -0.460 e. The lowest BCUT2D eigenvalue weighted by Gasteiger charge is -2.64. The number of carbonyl (C=O) groups is 3. The van der Waals surface area contributed by atoms with Gasteiger partial charge in [-0.25, -0.2) is 0 Å². The molecule has 9 heteroatoms. The van der Waals surface area contributed by atoms with Gasteiger partial charge < -0.3 is 24.7 Å². The Morgan fingerprint density at radius 2 is 1.80 bits per heavy atom. The van der Waals surface area contributed by atoms with Crippen LogP contribution in [0.1, 0.15) is 88.0 Å². The smallest absolute Gasteiger partial charge is 0.460 e. The first kappa shape index (κ1) is 28.0. The summed E-state index contributed by atoms with van der Waals surface area (Å²) in [6.45, 7) is 17.8. The second kappa shape index (κ2) is 10.0. The van der Waals surface area contributed by atoms with Crippen LogP contribution in [0, 0.1) is 29.1 Å². The highest BCUT2D eigenvalue weighted by Crippen LogP contribution is 2.65. The van der Waals surface area contributed by atoms with Crippen molar-refractivity contribution in [1.82, 2.24) is 10.6 Å². The molecule has 0 radical (unpaired) electrons. The molecule has 4 fully saturated rings. The monoisotopic (exact) mass is 492 g/mol. The second-order valence-electron chi connectivity index (χ2n) is 13.0. The number of nitrogens with one attached hydrogen (secondary N) is 2. The SMILES string of the molecule is CC(=O)NC[C@H](CC(=O)OC(C)(C)C)C(=O)N[C@@H](CC(C)C)B1O[C@@H]2C[C@@H]3C[C@@H](C3(C)C)[C@]2(C)O1. The molecule has 2 amide bonds. The van der Waals surface area contributed by atoms with Crippen molar-refractivity contribution < 1.29 is 28.4 Å². The van der Waals surface area contributed by atoms with E-state index in [1.54, 1.807) is 20.8 Å². The van der Waals surface area contributed by atoms with Gasteiger partial charge in [-0.2, -0.15) is 0 Å². The Hall–Kier alpha value is -1.61. The van der Waals surface area contributed by atoms with Gasteiger partial charge in [-0.3, -0.25) is 14.4 Å². The minimum atomic E-state index is -0.755. The number of hydrogen-bond donors (Lipinski definition) is 2. The second-order valence-corrected chi connectivity index (χ2v) is 13.0. The van der Waals surface area contributed by atoms with E-state index in [2.05, 4.69) is 45.3 Å². The molecule has 1 aliphatic heterocycles. The summed E-state index contributed by atoms with van der Waals surface area (Å²) in [6.07, 6.45) is 2.71. The number of carbonyl (C=O) groups excluding carboxylic acids is 3. The van der Waals surface area contributed by atoms with Crippen LogP contribution in [0.3, 0.4) is 0 Å². The predicted octanol–water partition coefficient (Wildman–Crippen LogP) is 3.27. The zero-order valence-corrected chi connectivity index (χ0v) is 23.0. The third kappa shape index (κ3) is 6.21. The van der Waals surface area contributed by atoms with E-state index in [0.29, 0.717) is 24.2 Å². The first-order valence-electron chi connectivity index (χ1n) is 13.1. The first-order valence-corrected chi connectivity index (χ1v) is 13.1. The lowest BCUT2D eigenvalue weighted by atomic mass is 9.43. The largest absolute Gasteiger partial charge is 0.481 e. The molecule has 198 valence electrons. The van der Waals surface area contributed by atoms with E-state index >= 15 is 0 Å². The summed E-state index contributed by atoms with van der Waals surface area (Å²) in [5.74, 6) is -0.789. The zero-order valence-electron chi connectivity index (χ0n) is 23.0. The van der Waals surface area contributed by atoms with Crippen molar-refractivity contribution in [3.05, 3.63) is 0 Å². The lowest BCUT2D eigenvalue weighted by molar-refractivity contribution is -0.199. The molecule has 6 atom stereocenters. The third-order valence-corrected chi connectivity index (χ3v) is 8.15. The summed E-state index contributed by atoms with van der Waals surface area (Å²) in [5, 5.41) is 5.79. The third-order valence-electron chi connectivity index (χ3n) is 8.15. The van der Waals surface area contributed by atoms with Gasteiger partial charge in [0.2, 0.25) is 11.8 Å². The quantitative estimate of drug-likeness (QED) is 0.378. The summed E-state index contributed by atoms with van der Waals surface area (Å²) in [7, 11) is -0.547. The molecule has 1 saturated heterocycles. The molecule has 8 nitrogen and oxygen atoms in total. The maximum absolute atomic E-state index is 13.4. The molecule has 2 bridgehead atoms. The first-order chi connectivity index (χ1) is 16.0. The molecule has 35 heavy (non-hydrogen) atoms. The Balaban J connectivity index is 1.72. The normalized spacial score (nSPS) is 30.7. The topological polar surface area (TPSA) is 103 Å². The van der Waals surface area contributed by atoms with Crippen LogP contribution in [0.4, 0.5) is 0 Å². The molecule has 4 aliphatic rings. The van der Waals surface area contributed by atoms with E-state index in [-0.39, 0.29) is 47.8 Å². The predicted molar refractivity (Wildman–Crippen MR) is 134 cm³/mol. The number of esters is 1. The van der Waals surface area contributed by atoms with Crippen LogP contribution in [0.15, 0.2) is 0 Å². The summed E-state index contributed by atoms with van der Waals surface area (Å²) in [5.41, 5.74) is -0.788. The van der Waals surface area contributed by atoms with Crippen molar-refractivity contribution >= 4 is 24.9 Å². The lowest BCUT2D eigenvalue weighted by Crippen LogP contribution is -2.65. The Kier molecular flexibility index (Phi) is 8.02. The maximum atomic E-state index is 13.4. The molecule has 3 saturated carbocycles. The van der Waals surface area contributed by atoms with Crippen LogP contribution in [-0.4, -0.2) is 54.7 Å². The van der Waals surface area contributed by atoms with E-state index in [1.165, 1.54) is 6.92 Å². The fourth-order valence-electron chi connectivity index (χ4n) is 6.23. The van der Waals surface area contributed by atoms with Crippen LogP contribution in [0.2, 0.25) is 0 Å². The van der Waals surface area contributed by atoms with Crippen LogP contribution >= 0.6 is 0 Å². The van der Waals surface area contributed by atoms with E-state index in [4.69, 9.17) is 14.0 Å². The molecule has 0 aromatic carbocycles. The van der Waals surface area contributed by atoms with Crippen LogP contribution < -0.4 is 10.6 Å². The highest BCUT2D eigenvalue weighted by atomic mass is 16.7. The summed E-state index contributed by atoms with van der Waals surface area (Å²) in [6, 6.07) is 0. The van der Waals surface area contributed by atoms with Crippen molar-refractivity contribution in [1.29, 1.82) is 0 Å². The van der Waals surface area contributed by atoms with E-state index in [9.17, 15) is 14.4 Å². The molecule has 0 spiro atoms. The number of rotatable bonds is 9. The van der Waals surface area contributed by atoms with Gasteiger partial charge in [0.05, 0.1) is 30.0 Å². The molecule has 0 aromatic rings. The van der Waals surface area contributed by atoms with E-state index < -0.39 is 24.6 Å². The number of ether oxygens (including phenoxy) is 1. The van der Waals surface area contributed by atoms with Crippen molar-refractivity contribution in [3.8, 4) is 0 Å². The Bertz CT molecular complexity index is 825. The average molecular weight is 492 g/mol. The van der Waals surface area contributed by atoms with Gasteiger partial charge in [0.15, 0.2) is 0 Å². The zero-order chi connectivity index (χ0) is 26.3. The Labute approximate surface area is 211 Å². The number of hydrogen-bond acceptors (Lipinski definition) is 6. The van der Waals surface area contributed by atoms with Crippen LogP contribution in [-0.2, 0) is 28.4 Å².